The van der Waals surface area contributed by atoms with Crippen molar-refractivity contribution in [2.24, 2.45) is 5.92 Å². The molecule has 116 valence electrons. The average Bonchev–Trinajstić information content (AvgIpc) is 2.49. The molecule has 1 N–H and O–H groups in total. The second kappa shape index (κ2) is 7.60. The highest BCUT2D eigenvalue weighted by Crippen LogP contribution is 2.18. The summed E-state index contributed by atoms with van der Waals surface area (Å²) in [5.41, 5.74) is 2.43. The Bertz CT molecular complexity index is 455. The van der Waals surface area contributed by atoms with Gasteiger partial charge in [-0.15, -0.1) is 0 Å². The second-order valence-corrected chi connectivity index (χ2v) is 6.27. The van der Waals surface area contributed by atoms with Gasteiger partial charge < -0.3 is 10.0 Å². The Morgan fingerprint density at radius 3 is 2.57 bits per heavy atom. The summed E-state index contributed by atoms with van der Waals surface area (Å²) >= 11 is 0. The van der Waals surface area contributed by atoms with Crippen LogP contribution in [0, 0.1) is 5.92 Å². The predicted octanol–water partition coefficient (Wildman–Crippen LogP) is 2.80. The Kier molecular flexibility index (Phi) is 5.80. The largest absolute Gasteiger partial charge is 0.393 e. The summed E-state index contributed by atoms with van der Waals surface area (Å²) in [5.74, 6) is 0.356. The Hall–Kier alpha value is -1.35. The number of hydrogen-bond donors (Lipinski definition) is 1. The number of piperidine rings is 1. The molecular weight excluding hydrogens is 262 g/mol. The molecule has 3 nitrogen and oxygen atoms in total. The van der Waals surface area contributed by atoms with Crippen molar-refractivity contribution in [2.45, 2.75) is 52.1 Å². The third kappa shape index (κ3) is 4.57. The number of aliphatic hydroxyl groups is 1. The van der Waals surface area contributed by atoms with E-state index in [1.165, 1.54) is 18.4 Å². The van der Waals surface area contributed by atoms with E-state index in [2.05, 4.69) is 31.2 Å². The highest BCUT2D eigenvalue weighted by molar-refractivity contribution is 5.78. The summed E-state index contributed by atoms with van der Waals surface area (Å²) in [6.07, 6.45) is 4.45. The van der Waals surface area contributed by atoms with Gasteiger partial charge in [-0.3, -0.25) is 4.79 Å². The van der Waals surface area contributed by atoms with Gasteiger partial charge in [-0.1, -0.05) is 44.5 Å². The third-order valence-corrected chi connectivity index (χ3v) is 4.41. The van der Waals surface area contributed by atoms with Gasteiger partial charge in [-0.2, -0.15) is 0 Å². The molecule has 3 heteroatoms. The molecule has 2 rings (SSSR count). The molecule has 1 aromatic rings. The van der Waals surface area contributed by atoms with E-state index in [1.54, 1.807) is 0 Å². The van der Waals surface area contributed by atoms with Gasteiger partial charge in [-0.05, 0) is 36.3 Å². The van der Waals surface area contributed by atoms with E-state index in [0.717, 1.165) is 12.0 Å². The number of unbranched alkanes of at least 4 members (excludes halogenated alkanes) is 1. The number of nitrogens with zero attached hydrogens (tertiary/aromatic N) is 1. The van der Waals surface area contributed by atoms with Crippen molar-refractivity contribution in [1.82, 2.24) is 4.90 Å². The highest BCUT2D eigenvalue weighted by atomic mass is 16.3. The van der Waals surface area contributed by atoms with E-state index in [1.807, 2.05) is 11.8 Å². The molecule has 2 unspecified atom stereocenters. The van der Waals surface area contributed by atoms with Crippen LogP contribution in [0.25, 0.3) is 0 Å². The lowest BCUT2D eigenvalue weighted by Crippen LogP contribution is -2.45. The first-order valence-electron chi connectivity index (χ1n) is 8.13. The van der Waals surface area contributed by atoms with Crippen molar-refractivity contribution < 1.29 is 9.90 Å². The molecule has 1 aliphatic heterocycles. The fourth-order valence-electron chi connectivity index (χ4n) is 2.85. The molecule has 1 fully saturated rings. The van der Waals surface area contributed by atoms with Crippen LogP contribution in [0.15, 0.2) is 24.3 Å². The van der Waals surface area contributed by atoms with Crippen LogP contribution in [0.3, 0.4) is 0 Å². The fraction of sp³-hybridized carbons (Fsp3) is 0.611. The van der Waals surface area contributed by atoms with Gasteiger partial charge in [0.15, 0.2) is 0 Å². The maximum atomic E-state index is 12.3. The van der Waals surface area contributed by atoms with Crippen LogP contribution < -0.4 is 0 Å². The van der Waals surface area contributed by atoms with E-state index in [4.69, 9.17) is 0 Å². The van der Waals surface area contributed by atoms with Gasteiger partial charge in [0.2, 0.25) is 5.91 Å². The summed E-state index contributed by atoms with van der Waals surface area (Å²) in [6, 6.07) is 8.43. The van der Waals surface area contributed by atoms with E-state index in [0.29, 0.717) is 25.9 Å². The smallest absolute Gasteiger partial charge is 0.227 e. The molecule has 0 spiro atoms. The molecule has 0 radical (unpaired) electrons. The van der Waals surface area contributed by atoms with Gasteiger partial charge >= 0.3 is 0 Å². The quantitative estimate of drug-likeness (QED) is 0.905. The van der Waals surface area contributed by atoms with Gasteiger partial charge in [0.1, 0.15) is 0 Å². The number of carbonyl (C=O) groups excluding carboxylic acids is 1. The molecule has 0 aromatic heterocycles. The lowest BCUT2D eigenvalue weighted by atomic mass is 9.96. The van der Waals surface area contributed by atoms with Crippen LogP contribution in [0.5, 0.6) is 0 Å². The van der Waals surface area contributed by atoms with E-state index < -0.39 is 0 Å². The summed E-state index contributed by atoms with van der Waals surface area (Å²) < 4.78 is 0. The molecule has 2 atom stereocenters. The van der Waals surface area contributed by atoms with Crippen molar-refractivity contribution in [3.63, 3.8) is 0 Å². The van der Waals surface area contributed by atoms with Gasteiger partial charge in [0.25, 0.3) is 0 Å². The first-order chi connectivity index (χ1) is 10.1. The average molecular weight is 289 g/mol. The van der Waals surface area contributed by atoms with E-state index >= 15 is 0 Å². The Morgan fingerprint density at radius 1 is 1.29 bits per heavy atom. The molecule has 1 aliphatic rings. The fourth-order valence-corrected chi connectivity index (χ4v) is 2.85. The molecule has 21 heavy (non-hydrogen) atoms. The number of carbonyl (C=O) groups is 1. The monoisotopic (exact) mass is 289 g/mol. The normalized spacial score (nSPS) is 22.3. The topological polar surface area (TPSA) is 40.5 Å². The van der Waals surface area contributed by atoms with Crippen molar-refractivity contribution in [1.29, 1.82) is 0 Å². The zero-order valence-corrected chi connectivity index (χ0v) is 13.2. The third-order valence-electron chi connectivity index (χ3n) is 4.41. The first kappa shape index (κ1) is 16.0. The molecule has 0 bridgehead atoms. The summed E-state index contributed by atoms with van der Waals surface area (Å²) in [7, 11) is 0. The molecule has 0 aliphatic carbocycles. The number of rotatable bonds is 5. The minimum Gasteiger partial charge on any atom is -0.393 e. The number of aryl methyl sites for hydroxylation is 1. The minimum atomic E-state index is -0.258. The molecule has 1 saturated heterocycles. The molecule has 1 amide bonds. The number of likely N-dealkylation sites (tertiary alicyclic amines) is 1. The first-order valence-corrected chi connectivity index (χ1v) is 8.13. The van der Waals surface area contributed by atoms with Gasteiger partial charge in [0, 0.05) is 13.1 Å². The van der Waals surface area contributed by atoms with Crippen molar-refractivity contribution >= 4 is 5.91 Å². The Morgan fingerprint density at radius 2 is 1.95 bits per heavy atom. The lowest BCUT2D eigenvalue weighted by Gasteiger charge is -2.34. The zero-order valence-electron chi connectivity index (χ0n) is 13.2. The van der Waals surface area contributed by atoms with E-state index in [-0.39, 0.29) is 17.9 Å². The van der Waals surface area contributed by atoms with Crippen molar-refractivity contribution in [2.75, 3.05) is 13.1 Å². The van der Waals surface area contributed by atoms with Crippen LogP contribution in [0.2, 0.25) is 0 Å². The maximum Gasteiger partial charge on any atom is 0.227 e. The molecule has 1 aromatic carbocycles. The SMILES string of the molecule is CCCCc1ccc(CC(=O)N2CCC(O)C(C)C2)cc1. The Balaban J connectivity index is 1.87. The summed E-state index contributed by atoms with van der Waals surface area (Å²) in [6.45, 7) is 5.56. The van der Waals surface area contributed by atoms with Crippen LogP contribution >= 0.6 is 0 Å². The Labute approximate surface area is 128 Å². The van der Waals surface area contributed by atoms with E-state index in [9.17, 15) is 9.90 Å². The number of aliphatic hydroxyl groups excluding tert-OH is 1. The zero-order chi connectivity index (χ0) is 15.2. The van der Waals surface area contributed by atoms with Crippen molar-refractivity contribution in [3.05, 3.63) is 35.4 Å². The molecule has 1 heterocycles. The molecular formula is C18H27NO2. The van der Waals surface area contributed by atoms with Gasteiger partial charge in [-0.25, -0.2) is 0 Å². The number of hydrogen-bond acceptors (Lipinski definition) is 2. The molecule has 0 saturated carbocycles. The standard InChI is InChI=1S/C18H27NO2/c1-3-4-5-15-6-8-16(9-7-15)12-18(21)19-11-10-17(20)14(2)13-19/h6-9,14,17,20H,3-5,10-13H2,1-2H3. The predicted molar refractivity (Wildman–Crippen MR) is 85.1 cm³/mol. The van der Waals surface area contributed by atoms with Crippen molar-refractivity contribution in [3.8, 4) is 0 Å². The van der Waals surface area contributed by atoms with Crippen LogP contribution in [0.1, 0.15) is 44.2 Å². The summed E-state index contributed by atoms with van der Waals surface area (Å²) in [4.78, 5) is 14.2. The van der Waals surface area contributed by atoms with Crippen LogP contribution in [-0.4, -0.2) is 35.1 Å². The highest BCUT2D eigenvalue weighted by Gasteiger charge is 2.26. The maximum absolute atomic E-state index is 12.3. The second-order valence-electron chi connectivity index (χ2n) is 6.27. The van der Waals surface area contributed by atoms with Crippen LogP contribution in [0.4, 0.5) is 0 Å². The summed E-state index contributed by atoms with van der Waals surface area (Å²) in [5, 5.41) is 9.73. The van der Waals surface area contributed by atoms with Gasteiger partial charge in [0.05, 0.1) is 12.5 Å². The minimum absolute atomic E-state index is 0.176. The lowest BCUT2D eigenvalue weighted by molar-refractivity contribution is -0.133. The number of amides is 1. The van der Waals surface area contributed by atoms with Crippen LogP contribution in [-0.2, 0) is 17.6 Å². The number of benzene rings is 1.